The molecule has 0 aliphatic rings. The molecule has 0 amide bonds. The summed E-state index contributed by atoms with van der Waals surface area (Å²) in [6.07, 6.45) is 6.35. The Kier molecular flexibility index (Phi) is 6.00. The largest absolute Gasteiger partial charge is 0.329 e. The number of hydrogen-bond acceptors (Lipinski definition) is 2. The van der Waals surface area contributed by atoms with Gasteiger partial charge >= 0.3 is 0 Å². The average molecular weight is 285 g/mol. The van der Waals surface area contributed by atoms with Crippen molar-refractivity contribution in [3.63, 3.8) is 0 Å². The highest BCUT2D eigenvalue weighted by molar-refractivity contribution is 5.55. The van der Waals surface area contributed by atoms with Crippen LogP contribution in [0.3, 0.4) is 0 Å². The second-order valence-electron chi connectivity index (χ2n) is 5.72. The van der Waals surface area contributed by atoms with Gasteiger partial charge in [0.05, 0.1) is 0 Å². The predicted molar refractivity (Wildman–Crippen MR) is 89.2 cm³/mol. The lowest BCUT2D eigenvalue weighted by molar-refractivity contribution is 0.331. The SMILES string of the molecule is CCCNC(Cn1ccnc1-c1ccccc1)C(C)CC. The predicted octanol–water partition coefficient (Wildman–Crippen LogP) is 3.96. The molecule has 0 saturated heterocycles. The van der Waals surface area contributed by atoms with Gasteiger partial charge in [-0.1, -0.05) is 57.5 Å². The lowest BCUT2D eigenvalue weighted by atomic mass is 9.98. The highest BCUT2D eigenvalue weighted by Crippen LogP contribution is 2.19. The summed E-state index contributed by atoms with van der Waals surface area (Å²) in [6.45, 7) is 8.85. The van der Waals surface area contributed by atoms with Gasteiger partial charge in [-0.15, -0.1) is 0 Å². The number of imidazole rings is 1. The topological polar surface area (TPSA) is 29.9 Å². The minimum Gasteiger partial charge on any atom is -0.329 e. The molecule has 0 aliphatic carbocycles. The Hall–Kier alpha value is -1.61. The zero-order valence-corrected chi connectivity index (χ0v) is 13.4. The Morgan fingerprint density at radius 3 is 2.62 bits per heavy atom. The van der Waals surface area contributed by atoms with Crippen molar-refractivity contribution in [3.05, 3.63) is 42.7 Å². The fourth-order valence-corrected chi connectivity index (χ4v) is 2.58. The van der Waals surface area contributed by atoms with Crippen LogP contribution in [0.15, 0.2) is 42.7 Å². The van der Waals surface area contributed by atoms with Gasteiger partial charge in [0.25, 0.3) is 0 Å². The summed E-state index contributed by atoms with van der Waals surface area (Å²) in [7, 11) is 0. The van der Waals surface area contributed by atoms with E-state index in [0.29, 0.717) is 12.0 Å². The van der Waals surface area contributed by atoms with Crippen LogP contribution in [0.1, 0.15) is 33.6 Å². The van der Waals surface area contributed by atoms with Crippen LogP contribution in [0.4, 0.5) is 0 Å². The highest BCUT2D eigenvalue weighted by Gasteiger charge is 2.17. The van der Waals surface area contributed by atoms with Gasteiger partial charge < -0.3 is 9.88 Å². The molecular formula is C18H27N3. The summed E-state index contributed by atoms with van der Waals surface area (Å²) in [5, 5.41) is 3.69. The molecule has 0 radical (unpaired) electrons. The summed E-state index contributed by atoms with van der Waals surface area (Å²) in [5.74, 6) is 1.71. The van der Waals surface area contributed by atoms with Crippen LogP contribution in [-0.4, -0.2) is 22.1 Å². The molecule has 1 aromatic carbocycles. The van der Waals surface area contributed by atoms with Crippen molar-refractivity contribution in [2.45, 2.75) is 46.2 Å². The number of hydrogen-bond donors (Lipinski definition) is 1. The summed E-state index contributed by atoms with van der Waals surface area (Å²) < 4.78 is 2.27. The van der Waals surface area contributed by atoms with Crippen molar-refractivity contribution >= 4 is 0 Å². The van der Waals surface area contributed by atoms with E-state index in [1.165, 1.54) is 18.4 Å². The Labute approximate surface area is 128 Å². The summed E-state index contributed by atoms with van der Waals surface area (Å²) >= 11 is 0. The molecule has 2 unspecified atom stereocenters. The maximum atomic E-state index is 4.54. The zero-order valence-electron chi connectivity index (χ0n) is 13.4. The van der Waals surface area contributed by atoms with Crippen LogP contribution in [0.2, 0.25) is 0 Å². The molecule has 0 bridgehead atoms. The number of rotatable bonds is 8. The van der Waals surface area contributed by atoms with Gasteiger partial charge in [-0.05, 0) is 18.9 Å². The third-order valence-electron chi connectivity index (χ3n) is 4.13. The van der Waals surface area contributed by atoms with Crippen molar-refractivity contribution < 1.29 is 0 Å². The van der Waals surface area contributed by atoms with E-state index in [0.717, 1.165) is 18.9 Å². The highest BCUT2D eigenvalue weighted by atomic mass is 15.1. The van der Waals surface area contributed by atoms with Gasteiger partial charge in [0.15, 0.2) is 0 Å². The molecule has 114 valence electrons. The quantitative estimate of drug-likeness (QED) is 0.795. The van der Waals surface area contributed by atoms with Gasteiger partial charge in [0.1, 0.15) is 5.82 Å². The monoisotopic (exact) mass is 285 g/mol. The average Bonchev–Trinajstić information content (AvgIpc) is 2.99. The van der Waals surface area contributed by atoms with Gasteiger partial charge in [-0.25, -0.2) is 4.98 Å². The van der Waals surface area contributed by atoms with Gasteiger partial charge in [0, 0.05) is 30.5 Å². The van der Waals surface area contributed by atoms with Crippen LogP contribution in [0.25, 0.3) is 11.4 Å². The Balaban J connectivity index is 2.16. The summed E-state index contributed by atoms with van der Waals surface area (Å²) in [4.78, 5) is 4.54. The van der Waals surface area contributed by atoms with Crippen molar-refractivity contribution in [2.75, 3.05) is 6.54 Å². The maximum Gasteiger partial charge on any atom is 0.139 e. The number of nitrogens with zero attached hydrogens (tertiary/aromatic N) is 2. The number of aromatic nitrogens is 2. The summed E-state index contributed by atoms with van der Waals surface area (Å²) in [6, 6.07) is 10.9. The Morgan fingerprint density at radius 2 is 1.95 bits per heavy atom. The third kappa shape index (κ3) is 4.18. The van der Waals surface area contributed by atoms with Gasteiger partial charge in [-0.2, -0.15) is 0 Å². The lowest BCUT2D eigenvalue weighted by Gasteiger charge is -2.25. The Bertz CT molecular complexity index is 518. The first-order valence-electron chi connectivity index (χ1n) is 8.06. The van der Waals surface area contributed by atoms with Gasteiger partial charge in [-0.3, -0.25) is 0 Å². The molecule has 0 fully saturated rings. The molecular weight excluding hydrogens is 258 g/mol. The first-order valence-corrected chi connectivity index (χ1v) is 8.06. The number of benzene rings is 1. The van der Waals surface area contributed by atoms with Crippen LogP contribution >= 0.6 is 0 Å². The van der Waals surface area contributed by atoms with E-state index in [-0.39, 0.29) is 0 Å². The van der Waals surface area contributed by atoms with E-state index >= 15 is 0 Å². The van der Waals surface area contributed by atoms with E-state index < -0.39 is 0 Å². The second-order valence-corrected chi connectivity index (χ2v) is 5.72. The minimum atomic E-state index is 0.492. The van der Waals surface area contributed by atoms with Crippen LogP contribution in [0.5, 0.6) is 0 Å². The Morgan fingerprint density at radius 1 is 1.19 bits per heavy atom. The van der Waals surface area contributed by atoms with E-state index in [1.54, 1.807) is 0 Å². The standard InChI is InChI=1S/C18H27N3/c1-4-11-19-17(15(3)5-2)14-21-13-12-20-18(21)16-9-7-6-8-10-16/h6-10,12-13,15,17,19H,4-5,11,14H2,1-3H3. The molecule has 0 saturated carbocycles. The van der Waals surface area contributed by atoms with Crippen molar-refractivity contribution in [2.24, 2.45) is 5.92 Å². The van der Waals surface area contributed by atoms with E-state index in [4.69, 9.17) is 0 Å². The van der Waals surface area contributed by atoms with E-state index in [9.17, 15) is 0 Å². The molecule has 2 rings (SSSR count). The molecule has 1 N–H and O–H groups in total. The smallest absolute Gasteiger partial charge is 0.139 e. The minimum absolute atomic E-state index is 0.492. The molecule has 21 heavy (non-hydrogen) atoms. The molecule has 1 heterocycles. The third-order valence-corrected chi connectivity index (χ3v) is 4.13. The molecule has 3 nitrogen and oxygen atoms in total. The van der Waals surface area contributed by atoms with Crippen LogP contribution < -0.4 is 5.32 Å². The van der Waals surface area contributed by atoms with Crippen molar-refractivity contribution in [1.82, 2.24) is 14.9 Å². The second kappa shape index (κ2) is 7.99. The molecule has 3 heteroatoms. The first kappa shape index (κ1) is 15.8. The van der Waals surface area contributed by atoms with Gasteiger partial charge in [0.2, 0.25) is 0 Å². The zero-order chi connectivity index (χ0) is 15.1. The van der Waals surface area contributed by atoms with E-state index in [2.05, 4.69) is 66.1 Å². The molecule has 2 atom stereocenters. The van der Waals surface area contributed by atoms with Crippen LogP contribution in [-0.2, 0) is 6.54 Å². The maximum absolute atomic E-state index is 4.54. The number of nitrogens with one attached hydrogen (secondary N) is 1. The molecule has 2 aromatic rings. The fraction of sp³-hybridized carbons (Fsp3) is 0.500. The van der Waals surface area contributed by atoms with Crippen molar-refractivity contribution in [1.29, 1.82) is 0 Å². The summed E-state index contributed by atoms with van der Waals surface area (Å²) in [5.41, 5.74) is 1.18. The van der Waals surface area contributed by atoms with Crippen LogP contribution in [0, 0.1) is 5.92 Å². The van der Waals surface area contributed by atoms with E-state index in [1.807, 2.05) is 12.3 Å². The molecule has 0 aliphatic heterocycles. The fourth-order valence-electron chi connectivity index (χ4n) is 2.58. The normalized spacial score (nSPS) is 14.0. The first-order chi connectivity index (χ1) is 10.3. The molecule has 1 aromatic heterocycles. The molecule has 0 spiro atoms. The van der Waals surface area contributed by atoms with Crippen molar-refractivity contribution in [3.8, 4) is 11.4 Å². The lowest BCUT2D eigenvalue weighted by Crippen LogP contribution is -2.39.